The molecule has 2 heteroatoms. The van der Waals surface area contributed by atoms with Gasteiger partial charge in [0.1, 0.15) is 0 Å². The van der Waals surface area contributed by atoms with Crippen LogP contribution in [0.15, 0.2) is 54.6 Å². The highest BCUT2D eigenvalue weighted by atomic mass is 16.5. The van der Waals surface area contributed by atoms with Crippen LogP contribution in [0.25, 0.3) is 0 Å². The van der Waals surface area contributed by atoms with E-state index in [1.165, 1.54) is 0 Å². The molecule has 1 radical (unpaired) electrons. The van der Waals surface area contributed by atoms with Crippen molar-refractivity contribution >= 4 is 5.69 Å². The van der Waals surface area contributed by atoms with Gasteiger partial charge in [0, 0.05) is 6.42 Å². The molecule has 1 atom stereocenters. The second-order valence-electron chi connectivity index (χ2n) is 4.74. The van der Waals surface area contributed by atoms with Gasteiger partial charge < -0.3 is 0 Å². The first kappa shape index (κ1) is 10.4. The van der Waals surface area contributed by atoms with Gasteiger partial charge in [0.2, 0.25) is 0 Å². The van der Waals surface area contributed by atoms with Crippen LogP contribution in [-0.2, 0) is 17.2 Å². The van der Waals surface area contributed by atoms with Gasteiger partial charge in [-0.3, -0.25) is 0 Å². The number of rotatable bonds is 1. The van der Waals surface area contributed by atoms with Gasteiger partial charge in [-0.1, -0.05) is 53.7 Å². The summed E-state index contributed by atoms with van der Waals surface area (Å²) in [6.07, 6.45) is 0.774. The van der Waals surface area contributed by atoms with E-state index in [4.69, 9.17) is 0 Å². The molecule has 3 rings (SSSR count). The van der Waals surface area contributed by atoms with Crippen LogP contribution in [0, 0.1) is 0 Å². The maximum atomic E-state index is 12.4. The summed E-state index contributed by atoms with van der Waals surface area (Å²) in [6.45, 7) is 2.01. The molecule has 0 spiro atoms. The maximum absolute atomic E-state index is 12.4. The molecule has 1 heterocycles. The summed E-state index contributed by atoms with van der Waals surface area (Å²) in [5, 5.41) is 13.6. The minimum Gasteiger partial charge on any atom is -0.210 e. The quantitative estimate of drug-likeness (QED) is 0.728. The van der Waals surface area contributed by atoms with E-state index in [0.717, 1.165) is 28.3 Å². The van der Waals surface area contributed by atoms with Gasteiger partial charge in [-0.25, -0.2) is 5.06 Å². The smallest absolute Gasteiger partial charge is 0.0966 e. The van der Waals surface area contributed by atoms with Gasteiger partial charge in [-0.05, 0) is 24.1 Å². The van der Waals surface area contributed by atoms with Crippen molar-refractivity contribution in [2.24, 2.45) is 0 Å². The lowest BCUT2D eigenvalue weighted by Crippen LogP contribution is -2.37. The summed E-state index contributed by atoms with van der Waals surface area (Å²) in [4.78, 5) is 0. The second-order valence-corrected chi connectivity index (χ2v) is 4.74. The van der Waals surface area contributed by atoms with Gasteiger partial charge in [-0.2, -0.15) is 0 Å². The van der Waals surface area contributed by atoms with E-state index in [0.29, 0.717) is 0 Å². The lowest BCUT2D eigenvalue weighted by Gasteiger charge is -2.30. The predicted octanol–water partition coefficient (Wildman–Crippen LogP) is 3.31. The second kappa shape index (κ2) is 3.60. The highest BCUT2D eigenvalue weighted by Gasteiger charge is 2.41. The number of anilines is 1. The summed E-state index contributed by atoms with van der Waals surface area (Å²) in [7, 11) is 0. The molecular weight excluding hydrogens is 210 g/mol. The molecule has 0 amide bonds. The van der Waals surface area contributed by atoms with Crippen molar-refractivity contribution in [2.45, 2.75) is 18.9 Å². The number of hydroxylamine groups is 1. The Balaban J connectivity index is 2.09. The highest BCUT2D eigenvalue weighted by molar-refractivity contribution is 5.60. The van der Waals surface area contributed by atoms with Crippen LogP contribution in [0.3, 0.4) is 0 Å². The monoisotopic (exact) mass is 224 g/mol. The highest BCUT2D eigenvalue weighted by Crippen LogP contribution is 2.43. The van der Waals surface area contributed by atoms with Gasteiger partial charge in [-0.15, -0.1) is 0 Å². The molecule has 17 heavy (non-hydrogen) atoms. The molecule has 0 bridgehead atoms. The molecule has 2 nitrogen and oxygen atoms in total. The van der Waals surface area contributed by atoms with E-state index < -0.39 is 5.54 Å². The molecule has 1 aliphatic heterocycles. The first-order chi connectivity index (χ1) is 8.22. The molecule has 1 unspecified atom stereocenters. The van der Waals surface area contributed by atoms with Crippen LogP contribution in [-0.4, -0.2) is 0 Å². The zero-order chi connectivity index (χ0) is 11.9. The topological polar surface area (TPSA) is 23.1 Å². The fourth-order valence-electron chi connectivity index (χ4n) is 2.58. The minimum absolute atomic E-state index is 0.467. The average Bonchev–Trinajstić information content (AvgIpc) is 2.65. The van der Waals surface area contributed by atoms with Crippen molar-refractivity contribution in [3.8, 4) is 0 Å². The number of para-hydroxylation sites is 1. The lowest BCUT2D eigenvalue weighted by molar-refractivity contribution is 0.0957. The molecule has 0 fully saturated rings. The number of hydrogen-bond acceptors (Lipinski definition) is 1. The van der Waals surface area contributed by atoms with Gasteiger partial charge in [0.25, 0.3) is 0 Å². The van der Waals surface area contributed by atoms with Crippen LogP contribution in [0.2, 0.25) is 0 Å². The van der Waals surface area contributed by atoms with Crippen molar-refractivity contribution in [2.75, 3.05) is 5.06 Å². The predicted molar refractivity (Wildman–Crippen MR) is 67.1 cm³/mol. The fraction of sp³-hybridized carbons (Fsp3) is 0.200. The summed E-state index contributed by atoms with van der Waals surface area (Å²) in [5.41, 5.74) is 2.55. The molecule has 85 valence electrons. The van der Waals surface area contributed by atoms with E-state index in [9.17, 15) is 5.21 Å². The third-order valence-corrected chi connectivity index (χ3v) is 3.59. The van der Waals surface area contributed by atoms with Gasteiger partial charge in [0.05, 0.1) is 11.2 Å². The van der Waals surface area contributed by atoms with E-state index in [-0.39, 0.29) is 0 Å². The van der Waals surface area contributed by atoms with Crippen LogP contribution < -0.4 is 5.06 Å². The van der Waals surface area contributed by atoms with E-state index in [2.05, 4.69) is 0 Å². The largest absolute Gasteiger partial charge is 0.210 e. The molecule has 1 aliphatic rings. The molecule has 2 aromatic carbocycles. The normalized spacial score (nSPS) is 22.6. The Morgan fingerprint density at radius 1 is 1.00 bits per heavy atom. The average molecular weight is 224 g/mol. The Hall–Kier alpha value is -1.80. The van der Waals surface area contributed by atoms with Crippen molar-refractivity contribution in [3.05, 3.63) is 65.7 Å². The Morgan fingerprint density at radius 3 is 2.35 bits per heavy atom. The Labute approximate surface area is 101 Å². The summed E-state index contributed by atoms with van der Waals surface area (Å²) >= 11 is 0. The molecule has 0 saturated carbocycles. The standard InChI is InChI=1S/C15H14NO/c1-15(13-8-3-2-4-9-13)11-12-7-5-6-10-14(12)16(15)17/h2-10H,11H2,1H3. The van der Waals surface area contributed by atoms with Gasteiger partial charge >= 0.3 is 0 Å². The summed E-state index contributed by atoms with van der Waals surface area (Å²) in [6, 6.07) is 17.8. The summed E-state index contributed by atoms with van der Waals surface area (Å²) in [5.74, 6) is 0. The van der Waals surface area contributed by atoms with Gasteiger partial charge in [0.15, 0.2) is 0 Å². The van der Waals surface area contributed by atoms with Crippen LogP contribution in [0.4, 0.5) is 5.69 Å². The van der Waals surface area contributed by atoms with E-state index in [1.807, 2.05) is 61.5 Å². The zero-order valence-corrected chi connectivity index (χ0v) is 9.76. The molecule has 0 aromatic heterocycles. The SMILES string of the molecule is CC1(c2ccccc2)Cc2ccccc2N1[O]. The minimum atomic E-state index is -0.467. The zero-order valence-electron chi connectivity index (χ0n) is 9.76. The first-order valence-corrected chi connectivity index (χ1v) is 5.82. The number of fused-ring (bicyclic) bond motifs is 1. The Bertz CT molecular complexity index is 538. The maximum Gasteiger partial charge on any atom is 0.0966 e. The molecule has 0 aliphatic carbocycles. The third kappa shape index (κ3) is 1.45. The number of nitrogens with zero attached hydrogens (tertiary/aromatic N) is 1. The number of hydrogen-bond donors (Lipinski definition) is 0. The first-order valence-electron chi connectivity index (χ1n) is 5.82. The van der Waals surface area contributed by atoms with Crippen molar-refractivity contribution in [3.63, 3.8) is 0 Å². The third-order valence-electron chi connectivity index (χ3n) is 3.59. The van der Waals surface area contributed by atoms with E-state index >= 15 is 0 Å². The Morgan fingerprint density at radius 2 is 1.65 bits per heavy atom. The fourth-order valence-corrected chi connectivity index (χ4v) is 2.58. The lowest BCUT2D eigenvalue weighted by atomic mass is 9.89. The van der Waals surface area contributed by atoms with E-state index in [1.54, 1.807) is 0 Å². The molecular formula is C15H14NO. The molecule has 0 N–H and O–H groups in total. The summed E-state index contributed by atoms with van der Waals surface area (Å²) < 4.78 is 0. The van der Waals surface area contributed by atoms with Crippen molar-refractivity contribution in [1.82, 2.24) is 0 Å². The van der Waals surface area contributed by atoms with Crippen molar-refractivity contribution in [1.29, 1.82) is 0 Å². The molecule has 0 saturated heterocycles. The Kier molecular flexibility index (Phi) is 2.20. The number of benzene rings is 2. The van der Waals surface area contributed by atoms with Crippen LogP contribution in [0.1, 0.15) is 18.1 Å². The van der Waals surface area contributed by atoms with Crippen LogP contribution in [0.5, 0.6) is 0 Å². The molecule has 2 aromatic rings. The van der Waals surface area contributed by atoms with Crippen LogP contribution >= 0.6 is 0 Å². The van der Waals surface area contributed by atoms with Crippen molar-refractivity contribution < 1.29 is 5.21 Å².